The number of benzene rings is 1. The molecule has 0 unspecified atom stereocenters. The SMILES string of the molecule is COc1cccc(F)c1-c1cccc(N)n1. The maximum Gasteiger partial charge on any atom is 0.136 e. The fourth-order valence-electron chi connectivity index (χ4n) is 1.51. The summed E-state index contributed by atoms with van der Waals surface area (Å²) in [4.78, 5) is 4.07. The Morgan fingerprint density at radius 2 is 1.94 bits per heavy atom. The Bertz CT molecular complexity index is 514. The van der Waals surface area contributed by atoms with Crippen LogP contribution in [0.25, 0.3) is 11.3 Å². The van der Waals surface area contributed by atoms with Gasteiger partial charge in [0.1, 0.15) is 17.4 Å². The zero-order valence-electron chi connectivity index (χ0n) is 8.77. The largest absolute Gasteiger partial charge is 0.496 e. The van der Waals surface area contributed by atoms with Gasteiger partial charge in [0.25, 0.3) is 0 Å². The number of nitrogens with zero attached hydrogens (tertiary/aromatic N) is 1. The van der Waals surface area contributed by atoms with Crippen molar-refractivity contribution in [3.63, 3.8) is 0 Å². The first-order chi connectivity index (χ1) is 7.72. The minimum absolute atomic E-state index is 0.331. The summed E-state index contributed by atoms with van der Waals surface area (Å²) in [5.41, 5.74) is 6.36. The maximum atomic E-state index is 13.7. The lowest BCUT2D eigenvalue weighted by atomic mass is 10.1. The molecule has 1 heterocycles. The Kier molecular flexibility index (Phi) is 2.72. The second kappa shape index (κ2) is 4.18. The van der Waals surface area contributed by atoms with Gasteiger partial charge < -0.3 is 10.5 Å². The average molecular weight is 218 g/mol. The van der Waals surface area contributed by atoms with Gasteiger partial charge in [0.15, 0.2) is 0 Å². The highest BCUT2D eigenvalue weighted by atomic mass is 19.1. The van der Waals surface area contributed by atoms with Crippen LogP contribution >= 0.6 is 0 Å². The molecule has 0 aliphatic rings. The van der Waals surface area contributed by atoms with Crippen LogP contribution in [0.15, 0.2) is 36.4 Å². The highest BCUT2D eigenvalue weighted by molar-refractivity contribution is 5.68. The molecule has 4 heteroatoms. The Morgan fingerprint density at radius 3 is 2.62 bits per heavy atom. The van der Waals surface area contributed by atoms with Crippen molar-refractivity contribution < 1.29 is 9.13 Å². The number of nitrogens with two attached hydrogens (primary N) is 1. The third-order valence-electron chi connectivity index (χ3n) is 2.22. The van der Waals surface area contributed by atoms with E-state index in [4.69, 9.17) is 10.5 Å². The number of rotatable bonds is 2. The van der Waals surface area contributed by atoms with E-state index in [0.29, 0.717) is 22.8 Å². The molecule has 0 bridgehead atoms. The quantitative estimate of drug-likeness (QED) is 0.842. The normalized spacial score (nSPS) is 10.1. The topological polar surface area (TPSA) is 48.1 Å². The third-order valence-corrected chi connectivity index (χ3v) is 2.22. The number of hydrogen-bond donors (Lipinski definition) is 1. The molecule has 0 fully saturated rings. The van der Waals surface area contributed by atoms with E-state index in [1.54, 1.807) is 30.3 Å². The molecule has 2 rings (SSSR count). The standard InChI is InChI=1S/C12H11FN2O/c1-16-10-6-2-4-8(13)12(10)9-5-3-7-11(14)15-9/h2-7H,1H3,(H2,14,15). The predicted octanol–water partition coefficient (Wildman–Crippen LogP) is 2.48. The summed E-state index contributed by atoms with van der Waals surface area (Å²) in [6, 6.07) is 9.70. The van der Waals surface area contributed by atoms with Gasteiger partial charge in [-0.15, -0.1) is 0 Å². The van der Waals surface area contributed by atoms with Gasteiger partial charge in [0.2, 0.25) is 0 Å². The number of anilines is 1. The molecule has 0 amide bonds. The molecule has 82 valence electrons. The van der Waals surface area contributed by atoms with Crippen LogP contribution in [0.3, 0.4) is 0 Å². The molecule has 3 nitrogen and oxygen atoms in total. The van der Waals surface area contributed by atoms with E-state index >= 15 is 0 Å². The number of aromatic nitrogens is 1. The van der Waals surface area contributed by atoms with E-state index in [1.807, 2.05) is 0 Å². The van der Waals surface area contributed by atoms with Crippen LogP contribution in [0, 0.1) is 5.82 Å². The van der Waals surface area contributed by atoms with Crippen LogP contribution in [0.2, 0.25) is 0 Å². The van der Waals surface area contributed by atoms with Gasteiger partial charge in [0, 0.05) is 0 Å². The first-order valence-corrected chi connectivity index (χ1v) is 4.78. The van der Waals surface area contributed by atoms with Crippen molar-refractivity contribution >= 4 is 5.82 Å². The molecular weight excluding hydrogens is 207 g/mol. The van der Waals surface area contributed by atoms with Crippen molar-refractivity contribution in [1.82, 2.24) is 4.98 Å². The summed E-state index contributed by atoms with van der Waals surface area (Å²) in [6.07, 6.45) is 0. The zero-order chi connectivity index (χ0) is 11.5. The minimum atomic E-state index is -0.377. The van der Waals surface area contributed by atoms with E-state index in [-0.39, 0.29) is 5.82 Å². The molecule has 0 spiro atoms. The van der Waals surface area contributed by atoms with Crippen molar-refractivity contribution in [1.29, 1.82) is 0 Å². The van der Waals surface area contributed by atoms with Crippen molar-refractivity contribution in [2.24, 2.45) is 0 Å². The molecular formula is C12H11FN2O. The fraction of sp³-hybridized carbons (Fsp3) is 0.0833. The lowest BCUT2D eigenvalue weighted by molar-refractivity contribution is 0.413. The van der Waals surface area contributed by atoms with Crippen LogP contribution in [-0.4, -0.2) is 12.1 Å². The van der Waals surface area contributed by atoms with Gasteiger partial charge in [-0.25, -0.2) is 9.37 Å². The number of ether oxygens (including phenoxy) is 1. The summed E-state index contributed by atoms with van der Waals surface area (Å²) in [5.74, 6) is 0.415. The molecule has 2 N–H and O–H groups in total. The number of methoxy groups -OCH3 is 1. The van der Waals surface area contributed by atoms with E-state index in [9.17, 15) is 4.39 Å². The van der Waals surface area contributed by atoms with E-state index in [2.05, 4.69) is 4.98 Å². The van der Waals surface area contributed by atoms with Gasteiger partial charge in [-0.3, -0.25) is 0 Å². The van der Waals surface area contributed by atoms with Crippen LogP contribution in [0.4, 0.5) is 10.2 Å². The first kappa shape index (κ1) is 10.4. The van der Waals surface area contributed by atoms with Gasteiger partial charge in [-0.2, -0.15) is 0 Å². The van der Waals surface area contributed by atoms with E-state index in [0.717, 1.165) is 0 Å². The average Bonchev–Trinajstić information content (AvgIpc) is 2.28. The second-order valence-electron chi connectivity index (χ2n) is 3.26. The van der Waals surface area contributed by atoms with Crippen molar-refractivity contribution in [2.45, 2.75) is 0 Å². The van der Waals surface area contributed by atoms with Crippen LogP contribution in [-0.2, 0) is 0 Å². The van der Waals surface area contributed by atoms with E-state index in [1.165, 1.54) is 13.2 Å². The Balaban J connectivity index is 2.63. The van der Waals surface area contributed by atoms with Gasteiger partial charge in [0.05, 0.1) is 18.4 Å². The smallest absolute Gasteiger partial charge is 0.136 e. The molecule has 0 aliphatic heterocycles. The summed E-state index contributed by atoms with van der Waals surface area (Å²) in [7, 11) is 1.49. The zero-order valence-corrected chi connectivity index (χ0v) is 8.77. The lowest BCUT2D eigenvalue weighted by Gasteiger charge is -2.08. The maximum absolute atomic E-state index is 13.7. The monoisotopic (exact) mass is 218 g/mol. The molecule has 16 heavy (non-hydrogen) atoms. The third kappa shape index (κ3) is 1.82. The second-order valence-corrected chi connectivity index (χ2v) is 3.26. The van der Waals surface area contributed by atoms with Crippen LogP contribution in [0.5, 0.6) is 5.75 Å². The van der Waals surface area contributed by atoms with Crippen LogP contribution in [0.1, 0.15) is 0 Å². The highest BCUT2D eigenvalue weighted by Gasteiger charge is 2.12. The molecule has 1 aromatic heterocycles. The number of pyridine rings is 1. The summed E-state index contributed by atoms with van der Waals surface area (Å²) >= 11 is 0. The highest BCUT2D eigenvalue weighted by Crippen LogP contribution is 2.31. The molecule has 0 saturated carbocycles. The van der Waals surface area contributed by atoms with Crippen molar-refractivity contribution in [2.75, 3.05) is 12.8 Å². The Hall–Kier alpha value is -2.10. The fourth-order valence-corrected chi connectivity index (χ4v) is 1.51. The lowest BCUT2D eigenvalue weighted by Crippen LogP contribution is -1.96. The van der Waals surface area contributed by atoms with E-state index < -0.39 is 0 Å². The summed E-state index contributed by atoms with van der Waals surface area (Å²) in [5, 5.41) is 0. The number of halogens is 1. The number of hydrogen-bond acceptors (Lipinski definition) is 3. The number of nitrogen functional groups attached to an aromatic ring is 1. The summed E-state index contributed by atoms with van der Waals surface area (Å²) < 4.78 is 18.8. The Labute approximate surface area is 92.7 Å². The predicted molar refractivity (Wildman–Crippen MR) is 60.6 cm³/mol. The van der Waals surface area contributed by atoms with Crippen molar-refractivity contribution in [3.8, 4) is 17.0 Å². The first-order valence-electron chi connectivity index (χ1n) is 4.78. The summed E-state index contributed by atoms with van der Waals surface area (Å²) in [6.45, 7) is 0. The molecule has 0 radical (unpaired) electrons. The molecule has 2 aromatic rings. The molecule has 0 atom stereocenters. The minimum Gasteiger partial charge on any atom is -0.496 e. The van der Waals surface area contributed by atoms with Gasteiger partial charge in [-0.05, 0) is 24.3 Å². The molecule has 1 aromatic carbocycles. The molecule has 0 saturated heterocycles. The van der Waals surface area contributed by atoms with Crippen LogP contribution < -0.4 is 10.5 Å². The Morgan fingerprint density at radius 1 is 1.19 bits per heavy atom. The van der Waals surface area contributed by atoms with Gasteiger partial charge in [-0.1, -0.05) is 12.1 Å². The van der Waals surface area contributed by atoms with Crippen molar-refractivity contribution in [3.05, 3.63) is 42.2 Å². The van der Waals surface area contributed by atoms with Gasteiger partial charge >= 0.3 is 0 Å². The molecule has 0 aliphatic carbocycles.